The van der Waals surface area contributed by atoms with Crippen molar-refractivity contribution in [3.05, 3.63) is 77.9 Å². The zero-order valence-corrected chi connectivity index (χ0v) is 19.3. The van der Waals surface area contributed by atoms with Gasteiger partial charge in [-0.2, -0.15) is 8.78 Å². The molecule has 2 amide bonds. The van der Waals surface area contributed by atoms with Crippen LogP contribution in [0.3, 0.4) is 0 Å². The second-order valence-corrected chi connectivity index (χ2v) is 8.55. The van der Waals surface area contributed by atoms with E-state index in [9.17, 15) is 18.4 Å². The minimum absolute atomic E-state index is 0.0209. The molecule has 0 aromatic heterocycles. The van der Waals surface area contributed by atoms with Gasteiger partial charge in [0.1, 0.15) is 11.5 Å². The van der Waals surface area contributed by atoms with Gasteiger partial charge < -0.3 is 20.1 Å². The molecular weight excluding hydrogens is 442 g/mol. The van der Waals surface area contributed by atoms with E-state index in [0.29, 0.717) is 33.7 Å². The van der Waals surface area contributed by atoms with Gasteiger partial charge in [-0.3, -0.25) is 9.59 Å². The molecule has 0 aliphatic heterocycles. The van der Waals surface area contributed by atoms with Crippen LogP contribution in [-0.4, -0.2) is 31.1 Å². The molecule has 0 aliphatic carbocycles. The third-order valence-electron chi connectivity index (χ3n) is 4.75. The molecule has 2 N–H and O–H groups in total. The highest BCUT2D eigenvalue weighted by Crippen LogP contribution is 2.34. The van der Waals surface area contributed by atoms with Crippen molar-refractivity contribution in [2.75, 3.05) is 12.4 Å². The Morgan fingerprint density at radius 3 is 1.97 bits per heavy atom. The van der Waals surface area contributed by atoms with E-state index < -0.39 is 12.5 Å². The first-order valence-electron chi connectivity index (χ1n) is 10.5. The second-order valence-electron chi connectivity index (χ2n) is 8.55. The number of amides is 2. The molecule has 6 nitrogen and oxygen atoms in total. The van der Waals surface area contributed by atoms with Crippen molar-refractivity contribution < 1.29 is 27.8 Å². The molecule has 0 unspecified atom stereocenters. The number of hydrogen-bond donors (Lipinski definition) is 2. The Kier molecular flexibility index (Phi) is 7.50. The Morgan fingerprint density at radius 1 is 0.853 bits per heavy atom. The first kappa shape index (κ1) is 24.7. The average Bonchev–Trinajstić information content (AvgIpc) is 2.79. The lowest BCUT2D eigenvalue weighted by Crippen LogP contribution is -2.40. The molecule has 0 saturated heterocycles. The number of anilines is 1. The van der Waals surface area contributed by atoms with Crippen LogP contribution in [0.25, 0.3) is 11.1 Å². The van der Waals surface area contributed by atoms with E-state index in [0.717, 1.165) is 0 Å². The van der Waals surface area contributed by atoms with Gasteiger partial charge in [0.05, 0.1) is 7.11 Å². The average molecular weight is 469 g/mol. The van der Waals surface area contributed by atoms with E-state index in [4.69, 9.17) is 4.74 Å². The van der Waals surface area contributed by atoms with Gasteiger partial charge in [0, 0.05) is 27.9 Å². The van der Waals surface area contributed by atoms with Gasteiger partial charge in [0.25, 0.3) is 11.8 Å². The molecule has 178 valence electrons. The number of methoxy groups -OCH3 is 1. The summed E-state index contributed by atoms with van der Waals surface area (Å²) in [6.07, 6.45) is 0. The molecule has 34 heavy (non-hydrogen) atoms. The topological polar surface area (TPSA) is 76.7 Å². The fourth-order valence-electron chi connectivity index (χ4n) is 3.19. The van der Waals surface area contributed by atoms with Crippen LogP contribution in [0.4, 0.5) is 14.5 Å². The molecule has 0 atom stereocenters. The molecule has 3 aromatic carbocycles. The summed E-state index contributed by atoms with van der Waals surface area (Å²) in [5.74, 6) is -0.0549. The Bertz CT molecular complexity index is 1150. The summed E-state index contributed by atoms with van der Waals surface area (Å²) in [4.78, 5) is 25.0. The maximum Gasteiger partial charge on any atom is 0.387 e. The van der Waals surface area contributed by atoms with E-state index >= 15 is 0 Å². The smallest absolute Gasteiger partial charge is 0.387 e. The number of carbonyl (C=O) groups is 2. The van der Waals surface area contributed by atoms with Gasteiger partial charge in [-0.05, 0) is 80.9 Å². The predicted molar refractivity (Wildman–Crippen MR) is 127 cm³/mol. The number of alkyl halides is 2. The first-order chi connectivity index (χ1) is 16.1. The number of ether oxygens (including phenoxy) is 2. The third-order valence-corrected chi connectivity index (χ3v) is 4.75. The molecule has 0 bridgehead atoms. The Hall–Kier alpha value is -3.94. The molecule has 0 spiro atoms. The Morgan fingerprint density at radius 2 is 1.44 bits per heavy atom. The van der Waals surface area contributed by atoms with Crippen LogP contribution >= 0.6 is 0 Å². The van der Waals surface area contributed by atoms with Crippen LogP contribution < -0.4 is 20.1 Å². The minimum atomic E-state index is -2.99. The van der Waals surface area contributed by atoms with Crippen molar-refractivity contribution in [2.24, 2.45) is 0 Å². The van der Waals surface area contributed by atoms with Gasteiger partial charge in [-0.15, -0.1) is 0 Å². The lowest BCUT2D eigenvalue weighted by molar-refractivity contribution is -0.0494. The summed E-state index contributed by atoms with van der Waals surface area (Å²) in [7, 11) is 1.53. The summed E-state index contributed by atoms with van der Waals surface area (Å²) in [6, 6.07) is 17.5. The van der Waals surface area contributed by atoms with Gasteiger partial charge >= 0.3 is 6.61 Å². The lowest BCUT2D eigenvalue weighted by atomic mass is 10.0. The minimum Gasteiger partial charge on any atom is -0.497 e. The summed E-state index contributed by atoms with van der Waals surface area (Å²) in [6.45, 7) is 2.64. The number of rotatable bonds is 7. The number of nitrogens with one attached hydrogen (secondary N) is 2. The largest absolute Gasteiger partial charge is 0.497 e. The van der Waals surface area contributed by atoms with Crippen molar-refractivity contribution in [3.8, 4) is 22.6 Å². The highest BCUT2D eigenvalue weighted by molar-refractivity contribution is 6.05. The van der Waals surface area contributed by atoms with Crippen molar-refractivity contribution in [1.29, 1.82) is 0 Å². The van der Waals surface area contributed by atoms with Crippen LogP contribution in [0.5, 0.6) is 11.5 Å². The second kappa shape index (κ2) is 10.3. The monoisotopic (exact) mass is 468 g/mol. The molecular formula is C26H26F2N2O4. The van der Waals surface area contributed by atoms with E-state index in [-0.39, 0.29) is 17.2 Å². The molecule has 8 heteroatoms. The van der Waals surface area contributed by atoms with Crippen molar-refractivity contribution in [1.82, 2.24) is 5.32 Å². The van der Waals surface area contributed by atoms with Gasteiger partial charge in [0.15, 0.2) is 0 Å². The van der Waals surface area contributed by atoms with Crippen molar-refractivity contribution >= 4 is 17.5 Å². The first-order valence-corrected chi connectivity index (χ1v) is 10.5. The van der Waals surface area contributed by atoms with E-state index in [1.54, 1.807) is 54.6 Å². The van der Waals surface area contributed by atoms with Crippen LogP contribution in [0, 0.1) is 0 Å². The molecule has 0 saturated carbocycles. The van der Waals surface area contributed by atoms with E-state index in [2.05, 4.69) is 15.4 Å². The summed E-state index contributed by atoms with van der Waals surface area (Å²) in [5.41, 5.74) is 1.78. The fraction of sp³-hybridized carbons (Fsp3) is 0.231. The van der Waals surface area contributed by atoms with E-state index in [1.807, 2.05) is 20.8 Å². The fourth-order valence-corrected chi connectivity index (χ4v) is 3.19. The Balaban J connectivity index is 1.81. The molecule has 3 aromatic rings. The summed E-state index contributed by atoms with van der Waals surface area (Å²) < 4.78 is 35.6. The van der Waals surface area contributed by atoms with Crippen LogP contribution in [0.1, 0.15) is 41.5 Å². The normalized spacial score (nSPS) is 11.1. The van der Waals surface area contributed by atoms with E-state index in [1.165, 1.54) is 19.2 Å². The molecule has 0 fully saturated rings. The number of hydrogen-bond acceptors (Lipinski definition) is 4. The number of halogens is 2. The zero-order valence-electron chi connectivity index (χ0n) is 19.3. The van der Waals surface area contributed by atoms with Crippen LogP contribution in [0.15, 0.2) is 66.7 Å². The predicted octanol–water partition coefficient (Wildman–Crippen LogP) is 5.74. The maximum absolute atomic E-state index is 12.9. The molecule has 0 radical (unpaired) electrons. The lowest BCUT2D eigenvalue weighted by Gasteiger charge is -2.20. The molecule has 3 rings (SSSR count). The number of benzene rings is 3. The van der Waals surface area contributed by atoms with Crippen LogP contribution in [-0.2, 0) is 0 Å². The highest BCUT2D eigenvalue weighted by Gasteiger charge is 2.17. The van der Waals surface area contributed by atoms with Gasteiger partial charge in [-0.25, -0.2) is 0 Å². The number of carbonyl (C=O) groups excluding carboxylic acids is 2. The maximum atomic E-state index is 12.9. The molecule has 0 aliphatic rings. The quantitative estimate of drug-likeness (QED) is 0.463. The van der Waals surface area contributed by atoms with Crippen LogP contribution in [0.2, 0.25) is 0 Å². The summed E-state index contributed by atoms with van der Waals surface area (Å²) >= 11 is 0. The highest BCUT2D eigenvalue weighted by atomic mass is 19.3. The van der Waals surface area contributed by atoms with Gasteiger partial charge in [-0.1, -0.05) is 12.1 Å². The SMILES string of the molecule is COc1ccc(-c2cc(NC(=O)c3ccc(C(=O)NC(C)(C)C)cc3)ccc2OC(F)F)cc1. The van der Waals surface area contributed by atoms with Crippen molar-refractivity contribution in [2.45, 2.75) is 32.9 Å². The Labute approximate surface area is 196 Å². The summed E-state index contributed by atoms with van der Waals surface area (Å²) in [5, 5.41) is 5.61. The standard InChI is InChI=1S/C26H26F2N2O4/c1-26(2,3)30-24(32)18-7-5-17(6-8-18)23(31)29-19-11-14-22(34-25(27)28)21(15-19)16-9-12-20(33-4)13-10-16/h5-15,25H,1-4H3,(H,29,31)(H,30,32). The zero-order chi connectivity index (χ0) is 24.9. The third kappa shape index (κ3) is 6.54. The molecule has 0 heterocycles. The van der Waals surface area contributed by atoms with Gasteiger partial charge in [0.2, 0.25) is 0 Å². The van der Waals surface area contributed by atoms with Crippen molar-refractivity contribution in [3.63, 3.8) is 0 Å².